The number of unbranched alkanes of at least 4 members (excludes halogenated alkanes) is 2. The van der Waals surface area contributed by atoms with E-state index in [1.54, 1.807) is 0 Å². The van der Waals surface area contributed by atoms with Crippen LogP contribution in [0.25, 0.3) is 0 Å². The number of hydrogen-bond donors (Lipinski definition) is 1. The summed E-state index contributed by atoms with van der Waals surface area (Å²) in [6, 6.07) is 5.73. The molecule has 0 heterocycles. The number of hydrogen-bond acceptors (Lipinski definition) is 2. The molecule has 1 aromatic rings. The zero-order valence-corrected chi connectivity index (χ0v) is 14.5. The van der Waals surface area contributed by atoms with Crippen molar-refractivity contribution in [2.75, 3.05) is 5.32 Å². The Morgan fingerprint density at radius 3 is 2.55 bits per heavy atom. The van der Waals surface area contributed by atoms with Gasteiger partial charge in [-0.05, 0) is 30.9 Å². The molecule has 0 fully saturated rings. The second-order valence-electron chi connectivity index (χ2n) is 5.88. The van der Waals surface area contributed by atoms with Gasteiger partial charge < -0.3 is 5.32 Å². The lowest BCUT2D eigenvalue weighted by molar-refractivity contribution is -0.119. The Hall–Kier alpha value is -1.35. The van der Waals surface area contributed by atoms with Crippen molar-refractivity contribution in [3.8, 4) is 0 Å². The normalized spacial score (nSPS) is 10.8. The molecule has 0 atom stereocenters. The second-order valence-corrected chi connectivity index (χ2v) is 6.25. The summed E-state index contributed by atoms with van der Waals surface area (Å²) in [5.74, 6) is 0.226. The lowest BCUT2D eigenvalue weighted by Crippen LogP contribution is -2.18. The number of carbonyl (C=O) groups is 2. The number of ketones is 1. The van der Waals surface area contributed by atoms with Crippen molar-refractivity contribution in [2.45, 2.75) is 59.3 Å². The molecule has 0 saturated heterocycles. The van der Waals surface area contributed by atoms with Gasteiger partial charge in [0.15, 0.2) is 0 Å². The van der Waals surface area contributed by atoms with Gasteiger partial charge in [-0.1, -0.05) is 50.9 Å². The van der Waals surface area contributed by atoms with Gasteiger partial charge in [-0.3, -0.25) is 9.59 Å². The van der Waals surface area contributed by atoms with Gasteiger partial charge in [0.25, 0.3) is 0 Å². The maximum Gasteiger partial charge on any atom is 0.226 e. The standard InChI is InChI=1S/C18H26ClNO2/c1-4-15(21)11-7-5-6-9-14-10-8-12-16(17(14)19)20-18(22)13(2)3/h8,10,12-13H,4-7,9,11H2,1-3H3,(H,20,22). The molecule has 4 heteroatoms. The van der Waals surface area contributed by atoms with E-state index in [0.29, 0.717) is 29.3 Å². The van der Waals surface area contributed by atoms with Crippen molar-refractivity contribution in [1.29, 1.82) is 0 Å². The number of halogens is 1. The average molecular weight is 324 g/mol. The van der Waals surface area contributed by atoms with Crippen LogP contribution in [0.2, 0.25) is 5.02 Å². The molecule has 0 spiro atoms. The lowest BCUT2D eigenvalue weighted by atomic mass is 10.0. The molecular formula is C18H26ClNO2. The number of nitrogens with one attached hydrogen (secondary N) is 1. The van der Waals surface area contributed by atoms with Crippen LogP contribution in [0, 0.1) is 5.92 Å². The van der Waals surface area contributed by atoms with Crippen molar-refractivity contribution in [2.24, 2.45) is 5.92 Å². The lowest BCUT2D eigenvalue weighted by Gasteiger charge is -2.12. The maximum atomic E-state index is 11.8. The highest BCUT2D eigenvalue weighted by molar-refractivity contribution is 6.34. The minimum atomic E-state index is -0.0733. The summed E-state index contributed by atoms with van der Waals surface area (Å²) in [6.07, 6.45) is 5.12. The molecule has 0 aliphatic carbocycles. The number of anilines is 1. The molecule has 122 valence electrons. The van der Waals surface area contributed by atoms with Crippen LogP contribution < -0.4 is 5.32 Å². The predicted octanol–water partition coefficient (Wildman–Crippen LogP) is 5.02. The fourth-order valence-electron chi connectivity index (χ4n) is 2.14. The third kappa shape index (κ3) is 6.18. The SMILES string of the molecule is CCC(=O)CCCCCc1cccc(NC(=O)C(C)C)c1Cl. The van der Waals surface area contributed by atoms with Crippen molar-refractivity contribution >= 4 is 29.0 Å². The van der Waals surface area contributed by atoms with Crippen molar-refractivity contribution in [3.63, 3.8) is 0 Å². The van der Waals surface area contributed by atoms with E-state index < -0.39 is 0 Å². The first-order valence-corrected chi connectivity index (χ1v) is 8.43. The zero-order valence-electron chi connectivity index (χ0n) is 13.7. The first kappa shape index (κ1) is 18.7. The molecule has 0 aliphatic heterocycles. The largest absolute Gasteiger partial charge is 0.325 e. The maximum absolute atomic E-state index is 11.8. The molecule has 0 aliphatic rings. The summed E-state index contributed by atoms with van der Waals surface area (Å²) in [5.41, 5.74) is 1.73. The highest BCUT2D eigenvalue weighted by atomic mass is 35.5. The Morgan fingerprint density at radius 2 is 1.91 bits per heavy atom. The van der Waals surface area contributed by atoms with Crippen molar-refractivity contribution < 1.29 is 9.59 Å². The number of rotatable bonds is 9. The molecule has 0 bridgehead atoms. The van der Waals surface area contributed by atoms with E-state index in [-0.39, 0.29) is 11.8 Å². The van der Waals surface area contributed by atoms with Crippen LogP contribution in [0.1, 0.15) is 58.4 Å². The van der Waals surface area contributed by atoms with E-state index in [1.165, 1.54) is 0 Å². The highest BCUT2D eigenvalue weighted by Crippen LogP contribution is 2.27. The summed E-state index contributed by atoms with van der Waals surface area (Å²) >= 11 is 6.37. The van der Waals surface area contributed by atoms with Crippen LogP contribution in [-0.4, -0.2) is 11.7 Å². The Morgan fingerprint density at radius 1 is 1.18 bits per heavy atom. The van der Waals surface area contributed by atoms with Gasteiger partial charge in [-0.2, -0.15) is 0 Å². The zero-order chi connectivity index (χ0) is 16.5. The Kier molecular flexibility index (Phi) is 8.18. The van der Waals surface area contributed by atoms with Gasteiger partial charge >= 0.3 is 0 Å². The number of Topliss-reactive ketones (excluding diaryl/α,β-unsaturated/α-hetero) is 1. The van der Waals surface area contributed by atoms with Crippen LogP contribution in [0.3, 0.4) is 0 Å². The molecule has 0 aromatic heterocycles. The Bertz CT molecular complexity index is 512. The minimum absolute atomic E-state index is 0.0304. The van der Waals surface area contributed by atoms with Gasteiger partial charge in [0.1, 0.15) is 5.78 Å². The summed E-state index contributed by atoms with van der Waals surface area (Å²) in [5, 5.41) is 3.48. The summed E-state index contributed by atoms with van der Waals surface area (Å²) in [6.45, 7) is 5.61. The van der Waals surface area contributed by atoms with Gasteiger partial charge in [-0.25, -0.2) is 0 Å². The summed E-state index contributed by atoms with van der Waals surface area (Å²) < 4.78 is 0. The van der Waals surface area contributed by atoms with E-state index in [1.807, 2.05) is 39.0 Å². The van der Waals surface area contributed by atoms with E-state index in [4.69, 9.17) is 11.6 Å². The van der Waals surface area contributed by atoms with Crippen LogP contribution in [-0.2, 0) is 16.0 Å². The number of aryl methyl sites for hydroxylation is 1. The second kappa shape index (κ2) is 9.62. The third-order valence-corrected chi connectivity index (χ3v) is 4.10. The topological polar surface area (TPSA) is 46.2 Å². The van der Waals surface area contributed by atoms with E-state index in [2.05, 4.69) is 5.32 Å². The van der Waals surface area contributed by atoms with Gasteiger partial charge in [0.2, 0.25) is 5.91 Å². The van der Waals surface area contributed by atoms with Crippen LogP contribution >= 0.6 is 11.6 Å². The van der Waals surface area contributed by atoms with E-state index in [9.17, 15) is 9.59 Å². The Balaban J connectivity index is 2.51. The fourth-order valence-corrected chi connectivity index (χ4v) is 2.41. The summed E-state index contributed by atoms with van der Waals surface area (Å²) in [4.78, 5) is 23.0. The average Bonchev–Trinajstić information content (AvgIpc) is 2.49. The predicted molar refractivity (Wildman–Crippen MR) is 92.4 cm³/mol. The van der Waals surface area contributed by atoms with E-state index >= 15 is 0 Å². The van der Waals surface area contributed by atoms with Crippen LogP contribution in [0.15, 0.2) is 18.2 Å². The van der Waals surface area contributed by atoms with Crippen molar-refractivity contribution in [1.82, 2.24) is 0 Å². The van der Waals surface area contributed by atoms with Crippen LogP contribution in [0.5, 0.6) is 0 Å². The first-order valence-electron chi connectivity index (χ1n) is 8.05. The molecule has 1 aromatic carbocycles. The monoisotopic (exact) mass is 323 g/mol. The molecule has 22 heavy (non-hydrogen) atoms. The molecule has 0 unspecified atom stereocenters. The molecule has 1 N–H and O–H groups in total. The Labute approximate surface area is 138 Å². The molecule has 0 radical (unpaired) electrons. The highest BCUT2D eigenvalue weighted by Gasteiger charge is 2.11. The van der Waals surface area contributed by atoms with Crippen LogP contribution in [0.4, 0.5) is 5.69 Å². The molecule has 1 amide bonds. The molecule has 0 saturated carbocycles. The third-order valence-electron chi connectivity index (χ3n) is 3.66. The van der Waals surface area contributed by atoms with Crippen molar-refractivity contribution in [3.05, 3.63) is 28.8 Å². The first-order chi connectivity index (χ1) is 10.5. The number of benzene rings is 1. The number of amides is 1. The minimum Gasteiger partial charge on any atom is -0.325 e. The van der Waals surface area contributed by atoms with Gasteiger partial charge in [-0.15, -0.1) is 0 Å². The van der Waals surface area contributed by atoms with Gasteiger partial charge in [0, 0.05) is 18.8 Å². The quantitative estimate of drug-likeness (QED) is 0.649. The molecule has 1 rings (SSSR count). The fraction of sp³-hybridized carbons (Fsp3) is 0.556. The number of carbonyl (C=O) groups excluding carboxylic acids is 2. The van der Waals surface area contributed by atoms with E-state index in [0.717, 1.165) is 31.2 Å². The summed E-state index contributed by atoms with van der Waals surface area (Å²) in [7, 11) is 0. The smallest absolute Gasteiger partial charge is 0.226 e. The van der Waals surface area contributed by atoms with Gasteiger partial charge in [0.05, 0.1) is 10.7 Å². The molecule has 3 nitrogen and oxygen atoms in total. The molecular weight excluding hydrogens is 298 g/mol.